The second kappa shape index (κ2) is 9.55. The molecular weight excluding hydrogens is 168 g/mol. The minimum atomic E-state index is 0.945. The average molecular weight is 198 g/mol. The minimum absolute atomic E-state index is 0.945. The quantitative estimate of drug-likeness (QED) is 0.434. The maximum atomic E-state index is 2.42. The molecule has 0 heterocycles. The van der Waals surface area contributed by atoms with Gasteiger partial charge >= 0.3 is 0 Å². The molecular formula is C14H30. The molecule has 0 spiro atoms. The Morgan fingerprint density at radius 1 is 0.714 bits per heavy atom. The summed E-state index contributed by atoms with van der Waals surface area (Å²) in [4.78, 5) is 0. The van der Waals surface area contributed by atoms with Crippen molar-refractivity contribution in [3.05, 3.63) is 0 Å². The first-order chi connectivity index (χ1) is 6.70. The summed E-state index contributed by atoms with van der Waals surface area (Å²) < 4.78 is 0. The maximum Gasteiger partial charge on any atom is -0.0443 e. The molecule has 0 aliphatic heterocycles. The fraction of sp³-hybridized carbons (Fsp3) is 1.00. The van der Waals surface area contributed by atoms with Crippen LogP contribution in [0.3, 0.4) is 0 Å². The van der Waals surface area contributed by atoms with Gasteiger partial charge in [-0.05, 0) is 11.8 Å². The summed E-state index contributed by atoms with van der Waals surface area (Å²) >= 11 is 0. The van der Waals surface area contributed by atoms with E-state index < -0.39 is 0 Å². The lowest BCUT2D eigenvalue weighted by atomic mass is 9.95. The summed E-state index contributed by atoms with van der Waals surface area (Å²) in [6, 6.07) is 0. The van der Waals surface area contributed by atoms with Crippen LogP contribution in [-0.4, -0.2) is 0 Å². The van der Waals surface area contributed by atoms with Gasteiger partial charge in [0.1, 0.15) is 0 Å². The van der Waals surface area contributed by atoms with Crippen molar-refractivity contribution in [2.24, 2.45) is 11.8 Å². The number of hydrogen-bond donors (Lipinski definition) is 0. The van der Waals surface area contributed by atoms with Crippen LogP contribution < -0.4 is 0 Å². The molecule has 0 radical (unpaired) electrons. The van der Waals surface area contributed by atoms with Crippen LogP contribution in [-0.2, 0) is 0 Å². The molecule has 0 rings (SSSR count). The van der Waals surface area contributed by atoms with E-state index in [0.717, 1.165) is 11.8 Å². The molecule has 0 aliphatic rings. The third-order valence-electron chi connectivity index (χ3n) is 3.39. The molecule has 0 heteroatoms. The first kappa shape index (κ1) is 14.0. The monoisotopic (exact) mass is 198 g/mol. The van der Waals surface area contributed by atoms with Crippen molar-refractivity contribution in [1.29, 1.82) is 0 Å². The minimum Gasteiger partial charge on any atom is -0.0654 e. The summed E-state index contributed by atoms with van der Waals surface area (Å²) in [5, 5.41) is 0. The molecule has 0 amide bonds. The van der Waals surface area contributed by atoms with Crippen LogP contribution in [0.25, 0.3) is 0 Å². The smallest absolute Gasteiger partial charge is 0.0443 e. The van der Waals surface area contributed by atoms with Gasteiger partial charge in [-0.2, -0.15) is 0 Å². The van der Waals surface area contributed by atoms with Gasteiger partial charge in [-0.1, -0.05) is 79.1 Å². The standard InChI is InChI=1S/C14H30/c1-5-7-10-14(4)12-9-8-11-13(3)6-2/h13-14H,5-12H2,1-4H3. The lowest BCUT2D eigenvalue weighted by molar-refractivity contribution is 0.419. The lowest BCUT2D eigenvalue weighted by Gasteiger charge is -2.11. The number of unbranched alkanes of at least 4 members (excludes halogenated alkanes) is 2. The van der Waals surface area contributed by atoms with Gasteiger partial charge in [-0.3, -0.25) is 0 Å². The van der Waals surface area contributed by atoms with Crippen LogP contribution in [0.15, 0.2) is 0 Å². The molecule has 0 fully saturated rings. The zero-order valence-corrected chi connectivity index (χ0v) is 10.8. The highest BCUT2D eigenvalue weighted by molar-refractivity contribution is 4.56. The normalized spacial score (nSPS) is 15.4. The number of rotatable bonds is 9. The van der Waals surface area contributed by atoms with Crippen molar-refractivity contribution in [1.82, 2.24) is 0 Å². The third-order valence-corrected chi connectivity index (χ3v) is 3.39. The van der Waals surface area contributed by atoms with E-state index in [-0.39, 0.29) is 0 Å². The van der Waals surface area contributed by atoms with Gasteiger partial charge in [0.05, 0.1) is 0 Å². The Balaban J connectivity index is 3.18. The largest absolute Gasteiger partial charge is 0.0654 e. The topological polar surface area (TPSA) is 0 Å². The first-order valence-electron chi connectivity index (χ1n) is 6.70. The summed E-state index contributed by atoms with van der Waals surface area (Å²) in [6.45, 7) is 9.38. The van der Waals surface area contributed by atoms with Gasteiger partial charge in [-0.25, -0.2) is 0 Å². The summed E-state index contributed by atoms with van der Waals surface area (Å²) in [6.07, 6.45) is 11.4. The number of hydrogen-bond acceptors (Lipinski definition) is 0. The molecule has 0 nitrogen and oxygen atoms in total. The highest BCUT2D eigenvalue weighted by Crippen LogP contribution is 2.18. The zero-order chi connectivity index (χ0) is 10.8. The Kier molecular flexibility index (Phi) is 9.55. The van der Waals surface area contributed by atoms with Gasteiger partial charge in [0.15, 0.2) is 0 Å². The highest BCUT2D eigenvalue weighted by atomic mass is 14.1. The first-order valence-corrected chi connectivity index (χ1v) is 6.70. The van der Waals surface area contributed by atoms with E-state index in [1.165, 1.54) is 51.4 Å². The molecule has 0 aromatic carbocycles. The van der Waals surface area contributed by atoms with Crippen LogP contribution in [0, 0.1) is 11.8 Å². The summed E-state index contributed by atoms with van der Waals surface area (Å²) in [5.41, 5.74) is 0. The molecule has 0 saturated carbocycles. The van der Waals surface area contributed by atoms with Crippen LogP contribution in [0.5, 0.6) is 0 Å². The molecule has 0 N–H and O–H groups in total. The average Bonchev–Trinajstić information content (AvgIpc) is 2.21. The Bertz CT molecular complexity index is 107. The summed E-state index contributed by atoms with van der Waals surface area (Å²) in [5.74, 6) is 1.91. The van der Waals surface area contributed by atoms with E-state index in [2.05, 4.69) is 27.7 Å². The van der Waals surface area contributed by atoms with Crippen molar-refractivity contribution < 1.29 is 0 Å². The predicted molar refractivity (Wildman–Crippen MR) is 66.6 cm³/mol. The van der Waals surface area contributed by atoms with E-state index in [9.17, 15) is 0 Å². The van der Waals surface area contributed by atoms with Gasteiger partial charge in [0, 0.05) is 0 Å². The molecule has 0 saturated heterocycles. The second-order valence-corrected chi connectivity index (χ2v) is 5.05. The Morgan fingerprint density at radius 2 is 1.21 bits per heavy atom. The Hall–Kier alpha value is 0. The molecule has 14 heavy (non-hydrogen) atoms. The fourth-order valence-electron chi connectivity index (χ4n) is 1.89. The van der Waals surface area contributed by atoms with Crippen molar-refractivity contribution >= 4 is 0 Å². The highest BCUT2D eigenvalue weighted by Gasteiger charge is 2.02. The molecule has 86 valence electrons. The van der Waals surface area contributed by atoms with Gasteiger partial charge < -0.3 is 0 Å². The van der Waals surface area contributed by atoms with E-state index in [1.807, 2.05) is 0 Å². The van der Waals surface area contributed by atoms with Crippen molar-refractivity contribution in [2.45, 2.75) is 79.1 Å². The SMILES string of the molecule is CCCCC(C)CCCCC(C)CC. The maximum absolute atomic E-state index is 2.42. The van der Waals surface area contributed by atoms with E-state index in [0.29, 0.717) is 0 Å². The zero-order valence-electron chi connectivity index (χ0n) is 10.8. The Morgan fingerprint density at radius 3 is 1.71 bits per heavy atom. The Labute approximate surface area is 91.5 Å². The molecule has 0 aromatic rings. The predicted octanol–water partition coefficient (Wildman–Crippen LogP) is 5.42. The fourth-order valence-corrected chi connectivity index (χ4v) is 1.89. The summed E-state index contributed by atoms with van der Waals surface area (Å²) in [7, 11) is 0. The van der Waals surface area contributed by atoms with Gasteiger partial charge in [0.25, 0.3) is 0 Å². The lowest BCUT2D eigenvalue weighted by Crippen LogP contribution is -1.96. The van der Waals surface area contributed by atoms with Gasteiger partial charge in [-0.15, -0.1) is 0 Å². The van der Waals surface area contributed by atoms with Crippen LogP contribution in [0.2, 0.25) is 0 Å². The molecule has 0 bridgehead atoms. The molecule has 2 unspecified atom stereocenters. The molecule has 0 aliphatic carbocycles. The van der Waals surface area contributed by atoms with Crippen molar-refractivity contribution in [3.8, 4) is 0 Å². The molecule has 2 atom stereocenters. The second-order valence-electron chi connectivity index (χ2n) is 5.05. The van der Waals surface area contributed by atoms with Crippen LogP contribution >= 0.6 is 0 Å². The van der Waals surface area contributed by atoms with Crippen LogP contribution in [0.1, 0.15) is 79.1 Å². The molecule has 0 aromatic heterocycles. The third kappa shape index (κ3) is 8.59. The van der Waals surface area contributed by atoms with E-state index in [1.54, 1.807) is 0 Å². The van der Waals surface area contributed by atoms with Crippen LogP contribution in [0.4, 0.5) is 0 Å². The van der Waals surface area contributed by atoms with Crippen molar-refractivity contribution in [2.75, 3.05) is 0 Å². The van der Waals surface area contributed by atoms with E-state index >= 15 is 0 Å². The van der Waals surface area contributed by atoms with Gasteiger partial charge in [0.2, 0.25) is 0 Å². The van der Waals surface area contributed by atoms with Crippen molar-refractivity contribution in [3.63, 3.8) is 0 Å². The van der Waals surface area contributed by atoms with E-state index in [4.69, 9.17) is 0 Å².